The minimum atomic E-state index is -5.39. The number of nitrogens with one attached hydrogen (secondary N) is 8. The fourth-order valence-electron chi connectivity index (χ4n) is 9.47. The van der Waals surface area contributed by atoms with Gasteiger partial charge in [0.25, 0.3) is 5.91 Å². The summed E-state index contributed by atoms with van der Waals surface area (Å²) in [5.41, 5.74) is -1.62. The highest BCUT2D eigenvalue weighted by atomic mass is 31.2. The molecule has 0 saturated carbocycles. The molecular formula is C56H81N12O27P2+. The van der Waals surface area contributed by atoms with Gasteiger partial charge in [-0.1, -0.05) is 42.5 Å². The number of nitrogens with zero attached hydrogens (tertiary/aromatic N) is 4. The second-order valence-corrected chi connectivity index (χ2v) is 25.2. The van der Waals surface area contributed by atoms with Gasteiger partial charge in [-0.3, -0.25) is 82.2 Å². The number of amides is 8. The van der Waals surface area contributed by atoms with E-state index >= 15 is 0 Å². The van der Waals surface area contributed by atoms with Crippen molar-refractivity contribution in [2.24, 2.45) is 0 Å². The zero-order chi connectivity index (χ0) is 72.4. The van der Waals surface area contributed by atoms with Gasteiger partial charge in [-0.2, -0.15) is 4.89 Å². The number of carboxylic acid groups (broad SMARTS) is 7. The van der Waals surface area contributed by atoms with Crippen LogP contribution in [0, 0.1) is 0 Å². The van der Waals surface area contributed by atoms with Gasteiger partial charge in [-0.05, 0) is 59.9 Å². The number of carboxylic acids is 7. The van der Waals surface area contributed by atoms with Crippen LogP contribution in [0.3, 0.4) is 0 Å². The van der Waals surface area contributed by atoms with E-state index in [9.17, 15) is 122 Å². The number of carbonyl (C=O) groups is 14. The smallest absolute Gasteiger partial charge is 0.484 e. The van der Waals surface area contributed by atoms with Gasteiger partial charge < -0.3 is 87.5 Å². The van der Waals surface area contributed by atoms with Crippen molar-refractivity contribution in [2.75, 3.05) is 98.2 Å². The number of aliphatic carboxylic acids is 7. The first kappa shape index (κ1) is 81.9. The molecule has 0 spiro atoms. The lowest BCUT2D eigenvalue weighted by molar-refractivity contribution is -0.145. The summed E-state index contributed by atoms with van der Waals surface area (Å²) in [5, 5.41) is 84.7. The third-order valence-corrected chi connectivity index (χ3v) is 17.2. The summed E-state index contributed by atoms with van der Waals surface area (Å²) < 4.78 is 29.0. The predicted octanol–water partition coefficient (Wildman–Crippen LogP) is -4.57. The molecule has 41 heteroatoms. The van der Waals surface area contributed by atoms with E-state index in [-0.39, 0.29) is 109 Å². The molecule has 18 N–H and O–H groups in total. The first-order valence-corrected chi connectivity index (χ1v) is 32.9. The van der Waals surface area contributed by atoms with E-state index < -0.39 is 193 Å². The largest absolute Gasteiger partial charge is 0.544 e. The fourth-order valence-corrected chi connectivity index (χ4v) is 11.1. The Morgan fingerprint density at radius 1 is 0.485 bits per heavy atom. The van der Waals surface area contributed by atoms with Crippen molar-refractivity contribution in [3.05, 3.63) is 65.7 Å². The van der Waals surface area contributed by atoms with Crippen LogP contribution in [-0.2, 0) is 84.3 Å². The summed E-state index contributed by atoms with van der Waals surface area (Å²) in [5.74, 6) is -15.0. The van der Waals surface area contributed by atoms with E-state index in [0.717, 1.165) is 0 Å². The van der Waals surface area contributed by atoms with E-state index in [4.69, 9.17) is 9.84 Å². The van der Waals surface area contributed by atoms with E-state index in [1.807, 2.05) is 5.32 Å². The minimum absolute atomic E-state index is 0.00331. The standard InChI is InChI=1S/C56H80N12O27P2/c69-42(15-14-41(54(87)88)68-24-22-66(31-48(77)78)20-18-65(30-47(75)76)19-21-67(23-25-68)32-49(79)80)58-28-43(70)60-40(51(82)59-29-44(71)64-56(96(90)91)97(92,93)94)27-35-9-11-36(12-10-35)95-33-45(72)61-39(26-34-6-2-1-3-7-34)50(81)57-17-5-4-8-37(52(83)84)62-55(89)63-38(53(85)86)13-16-46(73)74/h1-3,6-7,9-12,37-41,56H,4-5,8,13-33H2,(H17-,57,58,59,60,61,62,63,64,69,70,71,72,73,74,75,76,77,78,79,80,81,82,83,84,85,86,87,88,89,90,91,92,93,94)/p+1/t37-,38-,39-,40-,41?,56?/m0/s1. The molecule has 7 atom stereocenters. The van der Waals surface area contributed by atoms with Crippen molar-refractivity contribution in [1.29, 1.82) is 0 Å². The summed E-state index contributed by atoms with van der Waals surface area (Å²) >= 11 is 0. The Kier molecular flexibility index (Phi) is 35.7. The highest BCUT2D eigenvalue weighted by molar-refractivity contribution is 7.65. The number of carbonyl (C=O) groups excluding carboxylic acids is 7. The summed E-state index contributed by atoms with van der Waals surface area (Å²) in [6.45, 7) is -3.99. The van der Waals surface area contributed by atoms with Crippen molar-refractivity contribution in [3.8, 4) is 5.75 Å². The molecule has 8 amide bonds. The van der Waals surface area contributed by atoms with Crippen LogP contribution in [0.2, 0.25) is 0 Å². The molecule has 97 heavy (non-hydrogen) atoms. The van der Waals surface area contributed by atoms with Crippen molar-refractivity contribution in [3.63, 3.8) is 0 Å². The Morgan fingerprint density at radius 3 is 1.42 bits per heavy atom. The topological polar surface area (TPSA) is 594 Å². The molecule has 536 valence electrons. The number of benzene rings is 2. The molecule has 1 heterocycles. The van der Waals surface area contributed by atoms with Crippen LogP contribution >= 0.6 is 15.6 Å². The van der Waals surface area contributed by atoms with Crippen LogP contribution in [0.5, 0.6) is 5.75 Å². The van der Waals surface area contributed by atoms with Crippen molar-refractivity contribution in [2.45, 2.75) is 93.5 Å². The number of urea groups is 1. The minimum Gasteiger partial charge on any atom is -0.484 e. The van der Waals surface area contributed by atoms with Gasteiger partial charge in [0, 0.05) is 84.6 Å². The maximum absolute atomic E-state index is 13.6. The number of unbranched alkanes of at least 4 members (excludes halogenated alkanes) is 1. The van der Waals surface area contributed by atoms with Gasteiger partial charge >= 0.3 is 69.0 Å². The zero-order valence-corrected chi connectivity index (χ0v) is 54.0. The predicted molar refractivity (Wildman–Crippen MR) is 332 cm³/mol. The van der Waals surface area contributed by atoms with Gasteiger partial charge in [0.15, 0.2) is 6.61 Å². The van der Waals surface area contributed by atoms with Crippen molar-refractivity contribution in [1.82, 2.24) is 62.1 Å². The lowest BCUT2D eigenvalue weighted by Crippen LogP contribution is -2.52. The normalized spacial score (nSPS) is 15.6. The lowest BCUT2D eigenvalue weighted by atomic mass is 10.0. The Morgan fingerprint density at radius 2 is 0.948 bits per heavy atom. The summed E-state index contributed by atoms with van der Waals surface area (Å²) in [4.78, 5) is 208. The highest BCUT2D eigenvalue weighted by Gasteiger charge is 2.47. The Hall–Kier alpha value is -9.33. The van der Waals surface area contributed by atoms with Crippen molar-refractivity contribution < 1.29 is 131 Å². The number of hydrogen-bond donors (Lipinski definition) is 18. The average Bonchev–Trinajstić information content (AvgIpc) is 1.06. The van der Waals surface area contributed by atoms with Crippen molar-refractivity contribution >= 4 is 98.9 Å². The maximum atomic E-state index is 13.6. The van der Waals surface area contributed by atoms with Gasteiger partial charge in [0.05, 0.1) is 32.7 Å². The molecule has 0 aromatic heterocycles. The average molecular weight is 1420 g/mol. The quantitative estimate of drug-likeness (QED) is 0.0220. The van der Waals surface area contributed by atoms with Gasteiger partial charge in [-0.25, -0.2) is 14.4 Å². The monoisotopic (exact) mass is 1420 g/mol. The van der Waals surface area contributed by atoms with E-state index in [2.05, 4.69) is 31.9 Å². The van der Waals surface area contributed by atoms with E-state index in [0.29, 0.717) is 5.56 Å². The number of hydrogen-bond acceptors (Lipinski definition) is 21. The van der Waals surface area contributed by atoms with Crippen LogP contribution < -0.4 is 47.3 Å². The molecule has 0 aliphatic carbocycles. The molecule has 39 nitrogen and oxygen atoms in total. The van der Waals surface area contributed by atoms with Gasteiger partial charge in [-0.15, -0.1) is 0 Å². The molecule has 3 unspecified atom stereocenters. The molecule has 1 aliphatic rings. The second-order valence-electron chi connectivity index (χ2n) is 22.0. The maximum Gasteiger partial charge on any atom is 0.544 e. The number of ether oxygens (including phenoxy) is 1. The SMILES string of the molecule is O=C(O)CC[C@H](NC(=O)N[C@@H](CCCCNC(=O)[C@H](Cc1ccccc1)NC(=O)COc1ccc(C[C@H](NC(=O)CNC(=O)CCC(C(=O)O)N2CCN(CC(=O)O)CCN(CC(=O)O)CCN(CC(=O)O)CC2)C(=O)NCC(=O)NC([P+](=O)O)P(=O)(O)O)cc1)C(=O)O)C(=O)O. The van der Waals surface area contributed by atoms with E-state index in [1.54, 1.807) is 35.6 Å². The first-order valence-electron chi connectivity index (χ1n) is 29.9. The van der Waals surface area contributed by atoms with Crippen LogP contribution in [0.15, 0.2) is 54.6 Å². The van der Waals surface area contributed by atoms with Crippen LogP contribution in [-0.4, -0.2) is 287 Å². The summed E-state index contributed by atoms with van der Waals surface area (Å²) in [6, 6.07) is 5.55. The van der Waals surface area contributed by atoms with Gasteiger partial charge in [0.2, 0.25) is 29.5 Å². The molecule has 3 rings (SSSR count). The molecule has 1 aliphatic heterocycles. The summed E-state index contributed by atoms with van der Waals surface area (Å²) in [6.07, 6.45) is -2.20. The Balaban J connectivity index is 1.71. The third-order valence-electron chi connectivity index (χ3n) is 14.4. The fraction of sp³-hybridized carbons (Fsp3) is 0.536. The second kappa shape index (κ2) is 42.3. The molecular weight excluding hydrogens is 1330 g/mol. The Labute approximate surface area is 554 Å². The van der Waals surface area contributed by atoms with Crippen LogP contribution in [0.1, 0.15) is 56.1 Å². The molecule has 1 fully saturated rings. The van der Waals surface area contributed by atoms with Gasteiger partial charge in [0.1, 0.15) is 36.0 Å². The van der Waals surface area contributed by atoms with E-state index in [1.165, 1.54) is 43.9 Å². The van der Waals surface area contributed by atoms with Crippen LogP contribution in [0.25, 0.3) is 0 Å². The summed E-state index contributed by atoms with van der Waals surface area (Å²) in [7, 11) is -9.06. The zero-order valence-electron chi connectivity index (χ0n) is 52.2. The first-order chi connectivity index (χ1) is 45.7. The van der Waals surface area contributed by atoms with Crippen LogP contribution in [0.4, 0.5) is 4.79 Å². The highest BCUT2D eigenvalue weighted by Crippen LogP contribution is 2.49. The molecule has 2 aromatic carbocycles. The molecule has 2 aromatic rings. The molecule has 0 bridgehead atoms. The lowest BCUT2D eigenvalue weighted by Gasteiger charge is -2.35. The number of rotatable bonds is 41. The molecule has 0 radical (unpaired) electrons. The third kappa shape index (κ3) is 33.8. The molecule has 1 saturated heterocycles. The Bertz CT molecular complexity index is 3100.